The molecule has 2 aromatic rings. The van der Waals surface area contributed by atoms with E-state index in [-0.39, 0.29) is 6.04 Å². The molecule has 0 radical (unpaired) electrons. The Balaban J connectivity index is 2.33. The smallest absolute Gasteiger partial charge is 0.0502 e. The third-order valence-corrected chi connectivity index (χ3v) is 4.10. The third-order valence-electron chi connectivity index (χ3n) is 2.96. The summed E-state index contributed by atoms with van der Waals surface area (Å²) >= 11 is 24.4. The zero-order valence-electron chi connectivity index (χ0n) is 10.3. The fourth-order valence-electron chi connectivity index (χ4n) is 1.98. The van der Waals surface area contributed by atoms with Crippen molar-refractivity contribution in [3.8, 4) is 0 Å². The summed E-state index contributed by atoms with van der Waals surface area (Å²) in [5, 5.41) is 2.31. The normalized spacial score (nSPS) is 12.4. The molecule has 3 N–H and O–H groups in total. The van der Waals surface area contributed by atoms with Gasteiger partial charge in [-0.3, -0.25) is 11.3 Å². The summed E-state index contributed by atoms with van der Waals surface area (Å²) in [5.74, 6) is 5.63. The van der Waals surface area contributed by atoms with Gasteiger partial charge in [-0.15, -0.1) is 0 Å². The predicted octanol–water partition coefficient (Wildman–Crippen LogP) is 5.05. The van der Waals surface area contributed by atoms with Gasteiger partial charge in [-0.2, -0.15) is 0 Å². The lowest BCUT2D eigenvalue weighted by molar-refractivity contribution is 0.552. The first-order chi connectivity index (χ1) is 9.51. The van der Waals surface area contributed by atoms with Gasteiger partial charge in [-0.1, -0.05) is 52.5 Å². The van der Waals surface area contributed by atoms with Crippen LogP contribution in [0.5, 0.6) is 0 Å². The molecule has 0 saturated carbocycles. The van der Waals surface area contributed by atoms with E-state index in [0.717, 1.165) is 11.1 Å². The molecule has 0 aliphatic rings. The Morgan fingerprint density at radius 1 is 0.950 bits per heavy atom. The minimum absolute atomic E-state index is 0.191. The van der Waals surface area contributed by atoms with Crippen LogP contribution in [0.2, 0.25) is 20.1 Å². The molecule has 2 aromatic carbocycles. The Labute approximate surface area is 137 Å². The van der Waals surface area contributed by atoms with E-state index in [0.29, 0.717) is 26.5 Å². The van der Waals surface area contributed by atoms with Crippen molar-refractivity contribution in [3.05, 3.63) is 67.6 Å². The molecule has 0 fully saturated rings. The standard InChI is InChI=1S/C14H12Cl4N2/c15-9-4-8(5-10(16)6-9)14(20-19)7-11-12(17)2-1-3-13(11)18/h1-6,14,20H,7,19H2. The van der Waals surface area contributed by atoms with E-state index in [1.165, 1.54) is 0 Å². The highest BCUT2D eigenvalue weighted by atomic mass is 35.5. The quantitative estimate of drug-likeness (QED) is 0.598. The summed E-state index contributed by atoms with van der Waals surface area (Å²) in [6.45, 7) is 0. The van der Waals surface area contributed by atoms with Crippen LogP contribution in [0.3, 0.4) is 0 Å². The fourth-order valence-corrected chi connectivity index (χ4v) is 3.08. The van der Waals surface area contributed by atoms with Crippen molar-refractivity contribution in [2.75, 3.05) is 0 Å². The van der Waals surface area contributed by atoms with Crippen LogP contribution in [0.4, 0.5) is 0 Å². The van der Waals surface area contributed by atoms with Gasteiger partial charge in [0.05, 0.1) is 6.04 Å². The summed E-state index contributed by atoms with van der Waals surface area (Å²) in [6, 6.07) is 10.5. The van der Waals surface area contributed by atoms with Gasteiger partial charge in [0.25, 0.3) is 0 Å². The summed E-state index contributed by atoms with van der Waals surface area (Å²) < 4.78 is 0. The monoisotopic (exact) mass is 348 g/mol. The van der Waals surface area contributed by atoms with Crippen molar-refractivity contribution >= 4 is 46.4 Å². The van der Waals surface area contributed by atoms with Crippen LogP contribution >= 0.6 is 46.4 Å². The SMILES string of the molecule is NNC(Cc1c(Cl)cccc1Cl)c1cc(Cl)cc(Cl)c1. The molecule has 0 aromatic heterocycles. The van der Waals surface area contributed by atoms with E-state index in [4.69, 9.17) is 52.2 Å². The number of nitrogens with one attached hydrogen (secondary N) is 1. The van der Waals surface area contributed by atoms with Crippen LogP contribution in [-0.2, 0) is 6.42 Å². The lowest BCUT2D eigenvalue weighted by Gasteiger charge is -2.18. The highest BCUT2D eigenvalue weighted by molar-refractivity contribution is 6.36. The number of hydrogen-bond acceptors (Lipinski definition) is 2. The summed E-state index contributed by atoms with van der Waals surface area (Å²) in [5.41, 5.74) is 4.45. The molecular weight excluding hydrogens is 338 g/mol. The topological polar surface area (TPSA) is 38.0 Å². The summed E-state index contributed by atoms with van der Waals surface area (Å²) in [7, 11) is 0. The molecule has 2 rings (SSSR count). The molecule has 2 nitrogen and oxygen atoms in total. The van der Waals surface area contributed by atoms with Crippen molar-refractivity contribution in [2.45, 2.75) is 12.5 Å². The van der Waals surface area contributed by atoms with Crippen LogP contribution in [-0.4, -0.2) is 0 Å². The Kier molecular flexibility index (Phi) is 5.56. The molecule has 0 spiro atoms. The lowest BCUT2D eigenvalue weighted by Crippen LogP contribution is -2.29. The number of hydrazine groups is 1. The highest BCUT2D eigenvalue weighted by Gasteiger charge is 2.16. The van der Waals surface area contributed by atoms with Crippen molar-refractivity contribution in [1.82, 2.24) is 5.43 Å². The van der Waals surface area contributed by atoms with Crippen molar-refractivity contribution < 1.29 is 0 Å². The van der Waals surface area contributed by atoms with Gasteiger partial charge in [-0.25, -0.2) is 0 Å². The molecule has 20 heavy (non-hydrogen) atoms. The van der Waals surface area contributed by atoms with Gasteiger partial charge < -0.3 is 0 Å². The lowest BCUT2D eigenvalue weighted by atomic mass is 9.99. The molecule has 6 heteroatoms. The van der Waals surface area contributed by atoms with Crippen molar-refractivity contribution in [1.29, 1.82) is 0 Å². The first-order valence-corrected chi connectivity index (χ1v) is 7.37. The van der Waals surface area contributed by atoms with E-state index in [1.807, 2.05) is 12.1 Å². The third kappa shape index (κ3) is 3.79. The minimum atomic E-state index is -0.191. The minimum Gasteiger partial charge on any atom is -0.271 e. The maximum atomic E-state index is 6.18. The Morgan fingerprint density at radius 3 is 2.00 bits per heavy atom. The summed E-state index contributed by atoms with van der Waals surface area (Å²) in [4.78, 5) is 0. The Hall–Kier alpha value is -0.480. The molecule has 0 saturated heterocycles. The van der Waals surface area contributed by atoms with Crippen molar-refractivity contribution in [3.63, 3.8) is 0 Å². The molecule has 0 bridgehead atoms. The van der Waals surface area contributed by atoms with E-state index >= 15 is 0 Å². The average molecular weight is 350 g/mol. The van der Waals surface area contributed by atoms with Crippen molar-refractivity contribution in [2.24, 2.45) is 5.84 Å². The van der Waals surface area contributed by atoms with Gasteiger partial charge >= 0.3 is 0 Å². The molecule has 1 atom stereocenters. The van der Waals surface area contributed by atoms with E-state index in [9.17, 15) is 0 Å². The molecule has 0 heterocycles. The Bertz CT molecular complexity index is 576. The second-order valence-corrected chi connectivity index (χ2v) is 6.01. The van der Waals surface area contributed by atoms with Crippen LogP contribution in [0.1, 0.15) is 17.2 Å². The molecule has 0 amide bonds. The molecule has 0 aliphatic heterocycles. The molecule has 0 aliphatic carbocycles. The number of benzene rings is 2. The summed E-state index contributed by atoms with van der Waals surface area (Å²) in [6.07, 6.45) is 0.533. The van der Waals surface area contributed by atoms with E-state index < -0.39 is 0 Å². The first kappa shape index (κ1) is 15.9. The largest absolute Gasteiger partial charge is 0.271 e. The fraction of sp³-hybridized carbons (Fsp3) is 0.143. The van der Waals surface area contributed by atoms with E-state index in [2.05, 4.69) is 5.43 Å². The van der Waals surface area contributed by atoms with Gasteiger partial charge in [0.1, 0.15) is 0 Å². The first-order valence-electron chi connectivity index (χ1n) is 5.86. The van der Waals surface area contributed by atoms with Gasteiger partial charge in [0.2, 0.25) is 0 Å². The maximum Gasteiger partial charge on any atom is 0.0502 e. The molecule has 106 valence electrons. The number of rotatable bonds is 4. The number of nitrogens with two attached hydrogens (primary N) is 1. The number of halogens is 4. The van der Waals surface area contributed by atoms with Crippen LogP contribution in [0, 0.1) is 0 Å². The highest BCUT2D eigenvalue weighted by Crippen LogP contribution is 2.31. The van der Waals surface area contributed by atoms with Crippen LogP contribution < -0.4 is 11.3 Å². The predicted molar refractivity (Wildman–Crippen MR) is 86.7 cm³/mol. The number of hydrogen-bond donors (Lipinski definition) is 2. The zero-order valence-corrected chi connectivity index (χ0v) is 13.4. The van der Waals surface area contributed by atoms with Gasteiger partial charge in [0, 0.05) is 20.1 Å². The van der Waals surface area contributed by atoms with Crippen LogP contribution in [0.15, 0.2) is 36.4 Å². The average Bonchev–Trinajstić information content (AvgIpc) is 2.37. The van der Waals surface area contributed by atoms with Gasteiger partial charge in [-0.05, 0) is 47.9 Å². The van der Waals surface area contributed by atoms with Crippen LogP contribution in [0.25, 0.3) is 0 Å². The second-order valence-electron chi connectivity index (χ2n) is 4.33. The molecular formula is C14H12Cl4N2. The van der Waals surface area contributed by atoms with E-state index in [1.54, 1.807) is 24.3 Å². The molecule has 1 unspecified atom stereocenters. The second kappa shape index (κ2) is 6.99. The van der Waals surface area contributed by atoms with Gasteiger partial charge in [0.15, 0.2) is 0 Å². The maximum absolute atomic E-state index is 6.18. The zero-order chi connectivity index (χ0) is 14.7. The Morgan fingerprint density at radius 2 is 1.50 bits per heavy atom.